The molecular weight excluding hydrogens is 335 g/mol. The van der Waals surface area contributed by atoms with Gasteiger partial charge in [0.1, 0.15) is 5.82 Å². The number of nitrogens with zero attached hydrogens (tertiary/aromatic N) is 2. The molecule has 1 heterocycles. The van der Waals surface area contributed by atoms with Gasteiger partial charge in [0.2, 0.25) is 0 Å². The topological polar surface area (TPSA) is 44.1 Å². The van der Waals surface area contributed by atoms with Crippen LogP contribution in [0.1, 0.15) is 17.3 Å². The van der Waals surface area contributed by atoms with E-state index in [-0.39, 0.29) is 5.97 Å². The summed E-state index contributed by atoms with van der Waals surface area (Å²) in [6.45, 7) is 2.11. The maximum absolute atomic E-state index is 11.9. The number of carbonyl (C=O) groups excluding carboxylic acids is 1. The van der Waals surface area contributed by atoms with Crippen molar-refractivity contribution in [3.63, 3.8) is 0 Å². The zero-order valence-electron chi connectivity index (χ0n) is 12.6. The Hall–Kier alpha value is -2.04. The SMILES string of the molecule is CCOC(=O)c1ccc2c(c1)nc(-c1c(Cl)cccc1Cl)n2C. The summed E-state index contributed by atoms with van der Waals surface area (Å²) in [6, 6.07) is 10.6. The minimum absolute atomic E-state index is 0.333. The monoisotopic (exact) mass is 348 g/mol. The third-order valence-corrected chi connectivity index (χ3v) is 4.21. The zero-order valence-corrected chi connectivity index (χ0v) is 14.1. The Morgan fingerprint density at radius 1 is 1.22 bits per heavy atom. The minimum Gasteiger partial charge on any atom is -0.462 e. The van der Waals surface area contributed by atoms with Crippen molar-refractivity contribution in [2.75, 3.05) is 6.61 Å². The number of aryl methyl sites for hydroxylation is 1. The predicted molar refractivity (Wildman–Crippen MR) is 92.1 cm³/mol. The standard InChI is InChI=1S/C17H14Cl2N2O2/c1-3-23-17(22)10-7-8-14-13(9-10)20-16(21(14)2)15-11(18)5-4-6-12(15)19/h4-9H,3H2,1-2H3. The van der Waals surface area contributed by atoms with E-state index in [1.165, 1.54) is 0 Å². The van der Waals surface area contributed by atoms with Crippen LogP contribution in [0, 0.1) is 0 Å². The Bertz CT molecular complexity index is 883. The molecule has 2 aromatic carbocycles. The van der Waals surface area contributed by atoms with Crippen molar-refractivity contribution < 1.29 is 9.53 Å². The second-order valence-electron chi connectivity index (χ2n) is 5.02. The number of hydrogen-bond donors (Lipinski definition) is 0. The van der Waals surface area contributed by atoms with Gasteiger partial charge in [-0.25, -0.2) is 9.78 Å². The van der Waals surface area contributed by atoms with E-state index in [4.69, 9.17) is 27.9 Å². The molecule has 0 amide bonds. The number of ether oxygens (including phenoxy) is 1. The lowest BCUT2D eigenvalue weighted by atomic mass is 10.2. The van der Waals surface area contributed by atoms with Crippen LogP contribution in [-0.2, 0) is 11.8 Å². The van der Waals surface area contributed by atoms with Gasteiger partial charge in [0, 0.05) is 7.05 Å². The maximum Gasteiger partial charge on any atom is 0.338 e. The summed E-state index contributed by atoms with van der Waals surface area (Å²) in [4.78, 5) is 16.5. The Morgan fingerprint density at radius 2 is 1.91 bits per heavy atom. The first-order valence-electron chi connectivity index (χ1n) is 7.11. The highest BCUT2D eigenvalue weighted by Crippen LogP contribution is 2.35. The highest BCUT2D eigenvalue weighted by molar-refractivity contribution is 6.39. The predicted octanol–water partition coefficient (Wildman–Crippen LogP) is 4.72. The van der Waals surface area contributed by atoms with Gasteiger partial charge in [0.05, 0.1) is 38.8 Å². The lowest BCUT2D eigenvalue weighted by Gasteiger charge is -2.06. The molecule has 3 rings (SSSR count). The smallest absolute Gasteiger partial charge is 0.338 e. The molecule has 118 valence electrons. The van der Waals surface area contributed by atoms with E-state index in [1.807, 2.05) is 17.7 Å². The molecule has 3 aromatic rings. The zero-order chi connectivity index (χ0) is 16.6. The van der Waals surface area contributed by atoms with Crippen molar-refractivity contribution >= 4 is 40.2 Å². The summed E-state index contributed by atoms with van der Waals surface area (Å²) in [5.74, 6) is 0.286. The van der Waals surface area contributed by atoms with E-state index in [0.29, 0.717) is 39.1 Å². The van der Waals surface area contributed by atoms with Crippen LogP contribution in [0.25, 0.3) is 22.4 Å². The molecule has 0 aliphatic carbocycles. The fraction of sp³-hybridized carbons (Fsp3) is 0.176. The molecule has 0 aliphatic heterocycles. The van der Waals surface area contributed by atoms with Crippen molar-refractivity contribution in [3.05, 3.63) is 52.0 Å². The average Bonchev–Trinajstić information content (AvgIpc) is 2.84. The van der Waals surface area contributed by atoms with Gasteiger partial charge in [-0.1, -0.05) is 29.3 Å². The van der Waals surface area contributed by atoms with Crippen LogP contribution in [0.5, 0.6) is 0 Å². The van der Waals surface area contributed by atoms with Crippen molar-refractivity contribution in [1.82, 2.24) is 9.55 Å². The molecule has 1 aromatic heterocycles. The van der Waals surface area contributed by atoms with Gasteiger partial charge in [-0.3, -0.25) is 0 Å². The number of esters is 1. The van der Waals surface area contributed by atoms with Crippen LogP contribution in [-0.4, -0.2) is 22.1 Å². The van der Waals surface area contributed by atoms with E-state index in [1.54, 1.807) is 37.3 Å². The van der Waals surface area contributed by atoms with E-state index in [0.717, 1.165) is 5.52 Å². The number of hydrogen-bond acceptors (Lipinski definition) is 3. The van der Waals surface area contributed by atoms with Gasteiger partial charge in [-0.15, -0.1) is 0 Å². The molecule has 0 atom stereocenters. The Balaban J connectivity index is 2.17. The molecule has 0 spiro atoms. The molecule has 4 nitrogen and oxygen atoms in total. The first-order chi connectivity index (χ1) is 11.0. The number of halogens is 2. The van der Waals surface area contributed by atoms with Crippen LogP contribution in [0.2, 0.25) is 10.0 Å². The highest BCUT2D eigenvalue weighted by atomic mass is 35.5. The van der Waals surface area contributed by atoms with E-state index in [2.05, 4.69) is 4.98 Å². The normalized spacial score (nSPS) is 11.0. The maximum atomic E-state index is 11.9. The highest BCUT2D eigenvalue weighted by Gasteiger charge is 2.17. The molecule has 6 heteroatoms. The fourth-order valence-corrected chi connectivity index (χ4v) is 3.04. The van der Waals surface area contributed by atoms with Crippen LogP contribution in [0.4, 0.5) is 0 Å². The van der Waals surface area contributed by atoms with E-state index < -0.39 is 0 Å². The van der Waals surface area contributed by atoms with Gasteiger partial charge in [-0.05, 0) is 37.3 Å². The number of imidazole rings is 1. The number of carbonyl (C=O) groups is 1. The second-order valence-corrected chi connectivity index (χ2v) is 5.83. The lowest BCUT2D eigenvalue weighted by molar-refractivity contribution is 0.0526. The summed E-state index contributed by atoms with van der Waals surface area (Å²) < 4.78 is 6.92. The largest absolute Gasteiger partial charge is 0.462 e. The first kappa shape index (κ1) is 15.8. The number of fused-ring (bicyclic) bond motifs is 1. The van der Waals surface area contributed by atoms with Gasteiger partial charge in [-0.2, -0.15) is 0 Å². The number of benzene rings is 2. The van der Waals surface area contributed by atoms with Crippen LogP contribution >= 0.6 is 23.2 Å². The summed E-state index contributed by atoms with van der Waals surface area (Å²) in [6.07, 6.45) is 0. The van der Waals surface area contributed by atoms with Crippen molar-refractivity contribution in [2.24, 2.45) is 7.05 Å². The fourth-order valence-electron chi connectivity index (χ4n) is 2.48. The van der Waals surface area contributed by atoms with Gasteiger partial charge in [0.25, 0.3) is 0 Å². The molecule has 0 aliphatic rings. The van der Waals surface area contributed by atoms with Gasteiger partial charge < -0.3 is 9.30 Å². The average molecular weight is 349 g/mol. The Labute approximate surface area is 143 Å². The molecule has 0 saturated carbocycles. The van der Waals surface area contributed by atoms with E-state index in [9.17, 15) is 4.79 Å². The third kappa shape index (κ3) is 2.80. The molecule has 23 heavy (non-hydrogen) atoms. The summed E-state index contributed by atoms with van der Waals surface area (Å²) in [7, 11) is 1.88. The summed E-state index contributed by atoms with van der Waals surface area (Å²) >= 11 is 12.5. The van der Waals surface area contributed by atoms with E-state index >= 15 is 0 Å². The summed E-state index contributed by atoms with van der Waals surface area (Å²) in [5.41, 5.74) is 2.70. The number of aromatic nitrogens is 2. The van der Waals surface area contributed by atoms with Crippen LogP contribution in [0.3, 0.4) is 0 Å². The molecule has 0 bridgehead atoms. The number of rotatable bonds is 3. The van der Waals surface area contributed by atoms with Gasteiger partial charge in [0.15, 0.2) is 0 Å². The van der Waals surface area contributed by atoms with Gasteiger partial charge >= 0.3 is 5.97 Å². The molecule has 0 unspecified atom stereocenters. The molecule has 0 radical (unpaired) electrons. The Morgan fingerprint density at radius 3 is 2.57 bits per heavy atom. The Kier molecular flexibility index (Phi) is 4.28. The minimum atomic E-state index is -0.364. The first-order valence-corrected chi connectivity index (χ1v) is 7.86. The van der Waals surface area contributed by atoms with Crippen LogP contribution in [0.15, 0.2) is 36.4 Å². The van der Waals surface area contributed by atoms with Crippen molar-refractivity contribution in [2.45, 2.75) is 6.92 Å². The molecular formula is C17H14Cl2N2O2. The molecule has 0 fully saturated rings. The quantitative estimate of drug-likeness (QED) is 0.643. The van der Waals surface area contributed by atoms with Crippen LogP contribution < -0.4 is 0 Å². The van der Waals surface area contributed by atoms with Crippen molar-refractivity contribution in [1.29, 1.82) is 0 Å². The second kappa shape index (κ2) is 6.22. The van der Waals surface area contributed by atoms with Crippen molar-refractivity contribution in [3.8, 4) is 11.4 Å². The molecule has 0 saturated heterocycles. The third-order valence-electron chi connectivity index (χ3n) is 3.58. The molecule has 0 N–H and O–H groups in total. The lowest BCUT2D eigenvalue weighted by Crippen LogP contribution is -2.04. The summed E-state index contributed by atoms with van der Waals surface area (Å²) in [5, 5.41) is 1.06.